The molecule has 0 fully saturated rings. The van der Waals surface area contributed by atoms with Crippen molar-refractivity contribution >= 4 is 40.6 Å². The Labute approximate surface area is 116 Å². The molecular formula is C10H17BrN2O3S. The number of ether oxygens (including phenoxy) is 1. The molecule has 0 unspecified atom stereocenters. The van der Waals surface area contributed by atoms with Gasteiger partial charge in [0.1, 0.15) is 0 Å². The summed E-state index contributed by atoms with van der Waals surface area (Å²) in [6.07, 6.45) is 0.700. The van der Waals surface area contributed by atoms with E-state index < -0.39 is 0 Å². The molecule has 1 heterocycles. The van der Waals surface area contributed by atoms with Crippen molar-refractivity contribution in [3.63, 3.8) is 0 Å². The van der Waals surface area contributed by atoms with Crippen LogP contribution in [0.4, 0.5) is 0 Å². The zero-order chi connectivity index (χ0) is 12.1. The first-order chi connectivity index (χ1) is 7.50. The Kier molecular flexibility index (Phi) is 7.29. The number of nitrogens with zero attached hydrogens (tertiary/aromatic N) is 1. The minimum Gasteiger partial charge on any atom is -0.466 e. The molecule has 1 amide bonds. The third-order valence-electron chi connectivity index (χ3n) is 2.25. The van der Waals surface area contributed by atoms with Crippen LogP contribution in [0.2, 0.25) is 0 Å². The van der Waals surface area contributed by atoms with Gasteiger partial charge in [0.25, 0.3) is 0 Å². The molecule has 2 N–H and O–H groups in total. The van der Waals surface area contributed by atoms with Crippen molar-refractivity contribution in [2.75, 3.05) is 19.0 Å². The van der Waals surface area contributed by atoms with Gasteiger partial charge in [-0.2, -0.15) is 0 Å². The van der Waals surface area contributed by atoms with E-state index in [1.807, 2.05) is 11.8 Å². The summed E-state index contributed by atoms with van der Waals surface area (Å²) in [7, 11) is 0. The molecule has 0 radical (unpaired) electrons. The third-order valence-corrected chi connectivity index (χ3v) is 3.54. The van der Waals surface area contributed by atoms with Crippen LogP contribution in [0.1, 0.15) is 20.3 Å². The number of halogens is 1. The molecule has 0 saturated heterocycles. The van der Waals surface area contributed by atoms with Crippen molar-refractivity contribution in [3.8, 4) is 0 Å². The lowest BCUT2D eigenvalue weighted by molar-refractivity contribution is -0.140. The first-order valence-electron chi connectivity index (χ1n) is 5.00. The Morgan fingerprint density at radius 2 is 2.18 bits per heavy atom. The van der Waals surface area contributed by atoms with E-state index >= 15 is 0 Å². The molecular weight excluding hydrogens is 308 g/mol. The minimum absolute atomic E-state index is 0. The lowest BCUT2D eigenvalue weighted by Gasteiger charge is -2.16. The van der Waals surface area contributed by atoms with Gasteiger partial charge in [0.05, 0.1) is 19.0 Å². The third kappa shape index (κ3) is 5.45. The summed E-state index contributed by atoms with van der Waals surface area (Å²) in [6.45, 7) is 3.98. The van der Waals surface area contributed by atoms with E-state index in [-0.39, 0.29) is 35.4 Å². The number of carbonyl (C=O) groups excluding carboxylic acids is 2. The summed E-state index contributed by atoms with van der Waals surface area (Å²) in [5, 5.41) is 0. The normalized spacial score (nSPS) is 14.6. The largest absolute Gasteiger partial charge is 0.466 e. The average Bonchev–Trinajstić information content (AvgIpc) is 2.48. The van der Waals surface area contributed by atoms with Crippen LogP contribution in [0.15, 0.2) is 10.6 Å². The highest BCUT2D eigenvalue weighted by atomic mass is 79.9. The van der Waals surface area contributed by atoms with Gasteiger partial charge >= 0.3 is 5.97 Å². The topological polar surface area (TPSA) is 72.6 Å². The van der Waals surface area contributed by atoms with Crippen LogP contribution >= 0.6 is 28.7 Å². The van der Waals surface area contributed by atoms with E-state index in [4.69, 9.17) is 10.5 Å². The minimum atomic E-state index is -0.332. The number of hydrogen-bond donors (Lipinski definition) is 1. The van der Waals surface area contributed by atoms with Gasteiger partial charge in [-0.3, -0.25) is 9.59 Å². The van der Waals surface area contributed by atoms with Crippen molar-refractivity contribution in [1.29, 1.82) is 0 Å². The maximum atomic E-state index is 10.8. The van der Waals surface area contributed by atoms with Gasteiger partial charge in [0, 0.05) is 23.9 Å². The number of esters is 1. The molecule has 1 rings (SSSR count). The molecule has 1 aliphatic heterocycles. The molecule has 5 nitrogen and oxygen atoms in total. The lowest BCUT2D eigenvalue weighted by Crippen LogP contribution is -2.30. The molecule has 0 saturated carbocycles. The lowest BCUT2D eigenvalue weighted by atomic mass is 10.3. The first kappa shape index (κ1) is 16.3. The predicted octanol–water partition coefficient (Wildman–Crippen LogP) is 1.24. The summed E-state index contributed by atoms with van der Waals surface area (Å²) < 4.78 is 4.87. The molecule has 0 aliphatic carbocycles. The van der Waals surface area contributed by atoms with Crippen LogP contribution in [0.5, 0.6) is 0 Å². The van der Waals surface area contributed by atoms with Crippen LogP contribution in [-0.4, -0.2) is 35.8 Å². The zero-order valence-corrected chi connectivity index (χ0v) is 12.4. The van der Waals surface area contributed by atoms with Gasteiger partial charge in [0.15, 0.2) is 0 Å². The van der Waals surface area contributed by atoms with Crippen molar-refractivity contribution < 1.29 is 14.3 Å². The Bertz CT molecular complexity index is 334. The van der Waals surface area contributed by atoms with Crippen LogP contribution in [-0.2, 0) is 14.3 Å². The molecule has 0 bridgehead atoms. The van der Waals surface area contributed by atoms with Gasteiger partial charge in [0.2, 0.25) is 5.91 Å². The van der Waals surface area contributed by atoms with Crippen LogP contribution in [0.25, 0.3) is 0 Å². The molecule has 0 atom stereocenters. The molecule has 0 aromatic carbocycles. The molecule has 1 aliphatic rings. The molecule has 0 spiro atoms. The van der Waals surface area contributed by atoms with Gasteiger partial charge in [-0.15, -0.1) is 28.7 Å². The molecule has 17 heavy (non-hydrogen) atoms. The average molecular weight is 325 g/mol. The van der Waals surface area contributed by atoms with E-state index in [1.165, 1.54) is 6.92 Å². The summed E-state index contributed by atoms with van der Waals surface area (Å²) in [5.74, 6) is 0.140. The summed E-state index contributed by atoms with van der Waals surface area (Å²) in [5.41, 5.74) is 6.19. The van der Waals surface area contributed by atoms with E-state index in [2.05, 4.69) is 0 Å². The summed E-state index contributed by atoms with van der Waals surface area (Å²) in [6, 6.07) is 0. The Morgan fingerprint density at radius 1 is 1.53 bits per heavy atom. The second-order valence-electron chi connectivity index (χ2n) is 3.54. The number of rotatable bonds is 5. The standard InChI is InChI=1S/C10H16N2O3S.BrH/c1-7-9(3-4-15-8(2)13)16-6-12(7)5-10(11)14;/h3-6H2,1-2H3,(H2,11,14);1H. The highest BCUT2D eigenvalue weighted by molar-refractivity contribution is 8.93. The maximum Gasteiger partial charge on any atom is 0.302 e. The second-order valence-corrected chi connectivity index (χ2v) is 4.58. The molecule has 7 heteroatoms. The van der Waals surface area contributed by atoms with E-state index in [0.717, 1.165) is 16.5 Å². The van der Waals surface area contributed by atoms with Crippen LogP contribution in [0.3, 0.4) is 0 Å². The first-order valence-corrected chi connectivity index (χ1v) is 5.98. The predicted molar refractivity (Wildman–Crippen MR) is 72.6 cm³/mol. The van der Waals surface area contributed by atoms with E-state index in [1.54, 1.807) is 11.8 Å². The molecule has 0 aromatic rings. The Morgan fingerprint density at radius 3 is 2.71 bits per heavy atom. The number of carbonyl (C=O) groups is 2. The fourth-order valence-electron chi connectivity index (χ4n) is 1.43. The van der Waals surface area contributed by atoms with E-state index in [0.29, 0.717) is 13.0 Å². The van der Waals surface area contributed by atoms with Crippen LogP contribution in [0, 0.1) is 0 Å². The van der Waals surface area contributed by atoms with Crippen molar-refractivity contribution in [2.24, 2.45) is 5.73 Å². The van der Waals surface area contributed by atoms with Gasteiger partial charge < -0.3 is 15.4 Å². The number of amides is 1. The van der Waals surface area contributed by atoms with Crippen LogP contribution < -0.4 is 5.73 Å². The summed E-state index contributed by atoms with van der Waals surface area (Å²) in [4.78, 5) is 24.5. The van der Waals surface area contributed by atoms with Crippen molar-refractivity contribution in [3.05, 3.63) is 10.6 Å². The van der Waals surface area contributed by atoms with Gasteiger partial charge in [-0.05, 0) is 6.92 Å². The zero-order valence-electron chi connectivity index (χ0n) is 9.89. The quantitative estimate of drug-likeness (QED) is 0.770. The number of thioether (sulfide) groups is 1. The SMILES string of the molecule is Br.CC(=O)OCCC1=C(C)N(CC(N)=O)CS1. The number of nitrogens with two attached hydrogens (primary N) is 1. The maximum absolute atomic E-state index is 10.8. The summed E-state index contributed by atoms with van der Waals surface area (Å²) >= 11 is 1.66. The Hall–Kier alpha value is -0.690. The van der Waals surface area contributed by atoms with Crippen molar-refractivity contribution in [1.82, 2.24) is 4.90 Å². The fourth-order valence-corrected chi connectivity index (χ4v) is 2.59. The van der Waals surface area contributed by atoms with Crippen molar-refractivity contribution in [2.45, 2.75) is 20.3 Å². The highest BCUT2D eigenvalue weighted by Crippen LogP contribution is 2.33. The number of primary amides is 1. The van der Waals surface area contributed by atoms with E-state index in [9.17, 15) is 9.59 Å². The smallest absolute Gasteiger partial charge is 0.302 e. The monoisotopic (exact) mass is 324 g/mol. The molecule has 0 aromatic heterocycles. The number of hydrogen-bond acceptors (Lipinski definition) is 5. The van der Waals surface area contributed by atoms with Gasteiger partial charge in [-0.1, -0.05) is 0 Å². The van der Waals surface area contributed by atoms with Gasteiger partial charge in [-0.25, -0.2) is 0 Å². The Balaban J connectivity index is 0.00000256. The fraction of sp³-hybridized carbons (Fsp3) is 0.600. The second kappa shape index (κ2) is 7.60. The molecule has 98 valence electrons. The highest BCUT2D eigenvalue weighted by Gasteiger charge is 2.20. The number of allylic oxidation sites excluding steroid dienone is 1.